The molecule has 0 heterocycles. The maximum atomic E-state index is 5.78. The topological polar surface area (TPSA) is 30.5 Å². The van der Waals surface area contributed by atoms with E-state index in [0.717, 1.165) is 31.1 Å². The lowest BCUT2D eigenvalue weighted by atomic mass is 10.1. The van der Waals surface area contributed by atoms with Gasteiger partial charge in [-0.2, -0.15) is 0 Å². The number of hydrogen-bond donors (Lipinski definition) is 1. The van der Waals surface area contributed by atoms with Crippen LogP contribution in [0.5, 0.6) is 11.5 Å². The maximum absolute atomic E-state index is 5.78. The summed E-state index contributed by atoms with van der Waals surface area (Å²) in [5, 5.41) is 3.40. The van der Waals surface area contributed by atoms with Gasteiger partial charge in [0.05, 0.1) is 13.7 Å². The summed E-state index contributed by atoms with van der Waals surface area (Å²) in [5.41, 5.74) is 1.18. The summed E-state index contributed by atoms with van der Waals surface area (Å²) in [4.78, 5) is 0. The summed E-state index contributed by atoms with van der Waals surface area (Å²) in [6.45, 7) is 8.03. The Balaban J connectivity index is 2.92. The van der Waals surface area contributed by atoms with E-state index in [-0.39, 0.29) is 6.04 Å². The van der Waals surface area contributed by atoms with Crippen molar-refractivity contribution in [1.82, 2.24) is 5.32 Å². The normalized spacial score (nSPS) is 12.2. The minimum Gasteiger partial charge on any atom is -0.497 e. The largest absolute Gasteiger partial charge is 0.497 e. The van der Waals surface area contributed by atoms with Crippen LogP contribution in [-0.4, -0.2) is 20.3 Å². The van der Waals surface area contributed by atoms with Crippen LogP contribution in [0, 0.1) is 0 Å². The van der Waals surface area contributed by atoms with Gasteiger partial charge in [0, 0.05) is 17.7 Å². The van der Waals surface area contributed by atoms with Gasteiger partial charge in [-0.1, -0.05) is 19.9 Å². The molecule has 1 atom stereocenters. The fraction of sp³-hybridized carbons (Fsp3) is 0.571. The highest BCUT2D eigenvalue weighted by molar-refractivity contribution is 5.42. The molecule has 1 aromatic carbocycles. The summed E-state index contributed by atoms with van der Waals surface area (Å²) in [5.74, 6) is 1.75. The minimum atomic E-state index is 0.290. The van der Waals surface area contributed by atoms with Crippen molar-refractivity contribution in [1.29, 1.82) is 0 Å². The number of benzene rings is 1. The molecule has 96 valence electrons. The number of hydrogen-bond acceptors (Lipinski definition) is 3. The summed E-state index contributed by atoms with van der Waals surface area (Å²) < 4.78 is 11.0. The zero-order valence-corrected chi connectivity index (χ0v) is 11.2. The molecular weight excluding hydrogens is 214 g/mol. The third-order valence-electron chi connectivity index (χ3n) is 2.66. The van der Waals surface area contributed by atoms with Crippen LogP contribution in [0.4, 0.5) is 0 Å². The van der Waals surface area contributed by atoms with Crippen molar-refractivity contribution >= 4 is 0 Å². The van der Waals surface area contributed by atoms with Gasteiger partial charge in [-0.3, -0.25) is 0 Å². The van der Waals surface area contributed by atoms with Gasteiger partial charge in [-0.15, -0.1) is 0 Å². The van der Waals surface area contributed by atoms with E-state index in [1.54, 1.807) is 7.11 Å². The Bertz CT molecular complexity index is 339. The Morgan fingerprint density at radius 1 is 1.29 bits per heavy atom. The lowest BCUT2D eigenvalue weighted by Crippen LogP contribution is -2.18. The van der Waals surface area contributed by atoms with Crippen LogP contribution in [0.25, 0.3) is 0 Å². The van der Waals surface area contributed by atoms with Crippen LogP contribution < -0.4 is 14.8 Å². The van der Waals surface area contributed by atoms with E-state index in [9.17, 15) is 0 Å². The van der Waals surface area contributed by atoms with Gasteiger partial charge < -0.3 is 14.8 Å². The maximum Gasteiger partial charge on any atom is 0.127 e. The lowest BCUT2D eigenvalue weighted by Gasteiger charge is -2.18. The van der Waals surface area contributed by atoms with Crippen LogP contribution in [0.15, 0.2) is 18.2 Å². The molecule has 0 aromatic heterocycles. The van der Waals surface area contributed by atoms with Gasteiger partial charge >= 0.3 is 0 Å². The van der Waals surface area contributed by atoms with Crippen LogP contribution in [-0.2, 0) is 0 Å². The number of methoxy groups -OCH3 is 1. The van der Waals surface area contributed by atoms with Crippen molar-refractivity contribution in [3.63, 3.8) is 0 Å². The molecular formula is C14H23NO2. The van der Waals surface area contributed by atoms with Gasteiger partial charge in [0.2, 0.25) is 0 Å². The highest BCUT2D eigenvalue weighted by Gasteiger charge is 2.11. The highest BCUT2D eigenvalue weighted by atomic mass is 16.5. The molecule has 1 N–H and O–H groups in total. The molecule has 0 fully saturated rings. The molecule has 3 nitrogen and oxygen atoms in total. The molecule has 17 heavy (non-hydrogen) atoms. The van der Waals surface area contributed by atoms with Gasteiger partial charge in [0.1, 0.15) is 11.5 Å². The summed E-state index contributed by atoms with van der Waals surface area (Å²) in [6.07, 6.45) is 1.01. The predicted molar refractivity (Wildman–Crippen MR) is 70.9 cm³/mol. The van der Waals surface area contributed by atoms with Gasteiger partial charge in [0.15, 0.2) is 0 Å². The fourth-order valence-corrected chi connectivity index (χ4v) is 1.75. The molecule has 0 bridgehead atoms. The Labute approximate surface area is 104 Å². The van der Waals surface area contributed by atoms with Crippen molar-refractivity contribution < 1.29 is 9.47 Å². The second kappa shape index (κ2) is 7.17. The van der Waals surface area contributed by atoms with Crippen LogP contribution in [0.3, 0.4) is 0 Å². The number of rotatable bonds is 7. The second-order valence-corrected chi connectivity index (χ2v) is 4.03. The number of ether oxygens (including phenoxy) is 2. The Morgan fingerprint density at radius 3 is 2.65 bits per heavy atom. The van der Waals surface area contributed by atoms with Gasteiger partial charge in [-0.05, 0) is 26.0 Å². The Hall–Kier alpha value is -1.22. The number of nitrogens with one attached hydrogen (secondary N) is 1. The third kappa shape index (κ3) is 3.93. The summed E-state index contributed by atoms with van der Waals surface area (Å²) in [6, 6.07) is 6.29. The van der Waals surface area contributed by atoms with Crippen molar-refractivity contribution in [3.05, 3.63) is 23.8 Å². The van der Waals surface area contributed by atoms with Crippen LogP contribution in [0.2, 0.25) is 0 Å². The molecule has 0 aliphatic rings. The quantitative estimate of drug-likeness (QED) is 0.790. The van der Waals surface area contributed by atoms with E-state index in [1.807, 2.05) is 12.1 Å². The summed E-state index contributed by atoms with van der Waals surface area (Å²) >= 11 is 0. The molecule has 0 saturated heterocycles. The lowest BCUT2D eigenvalue weighted by molar-refractivity contribution is 0.308. The molecule has 0 amide bonds. The molecule has 1 rings (SSSR count). The minimum absolute atomic E-state index is 0.290. The fourth-order valence-electron chi connectivity index (χ4n) is 1.75. The van der Waals surface area contributed by atoms with Crippen molar-refractivity contribution in [3.8, 4) is 11.5 Å². The average molecular weight is 237 g/mol. The van der Waals surface area contributed by atoms with Crippen molar-refractivity contribution in [2.75, 3.05) is 20.3 Å². The third-order valence-corrected chi connectivity index (χ3v) is 2.66. The van der Waals surface area contributed by atoms with E-state index >= 15 is 0 Å². The molecule has 0 spiro atoms. The van der Waals surface area contributed by atoms with E-state index in [0.29, 0.717) is 0 Å². The van der Waals surface area contributed by atoms with Crippen LogP contribution >= 0.6 is 0 Å². The first-order valence-corrected chi connectivity index (χ1v) is 6.27. The standard InChI is InChI=1S/C14H23NO2/c1-5-9-17-14-10-12(16-4)7-8-13(14)11(3)15-6-2/h7-8,10-11,15H,5-6,9H2,1-4H3. The van der Waals surface area contributed by atoms with E-state index in [2.05, 4.69) is 32.2 Å². The highest BCUT2D eigenvalue weighted by Crippen LogP contribution is 2.29. The van der Waals surface area contributed by atoms with Crippen molar-refractivity contribution in [2.24, 2.45) is 0 Å². The Kier molecular flexibility index (Phi) is 5.84. The molecule has 1 unspecified atom stereocenters. The Morgan fingerprint density at radius 2 is 2.06 bits per heavy atom. The van der Waals surface area contributed by atoms with Gasteiger partial charge in [-0.25, -0.2) is 0 Å². The second-order valence-electron chi connectivity index (χ2n) is 4.03. The average Bonchev–Trinajstić information content (AvgIpc) is 2.36. The molecule has 0 aliphatic heterocycles. The zero-order valence-electron chi connectivity index (χ0n) is 11.2. The monoisotopic (exact) mass is 237 g/mol. The summed E-state index contributed by atoms with van der Waals surface area (Å²) in [7, 11) is 1.67. The smallest absolute Gasteiger partial charge is 0.127 e. The zero-order chi connectivity index (χ0) is 12.7. The first-order valence-electron chi connectivity index (χ1n) is 6.27. The van der Waals surface area contributed by atoms with E-state index in [1.165, 1.54) is 5.56 Å². The first kappa shape index (κ1) is 13.8. The molecule has 3 heteroatoms. The van der Waals surface area contributed by atoms with E-state index in [4.69, 9.17) is 9.47 Å². The predicted octanol–water partition coefficient (Wildman–Crippen LogP) is 3.15. The molecule has 0 saturated carbocycles. The molecule has 0 radical (unpaired) electrons. The van der Waals surface area contributed by atoms with E-state index < -0.39 is 0 Å². The first-order chi connectivity index (χ1) is 8.22. The van der Waals surface area contributed by atoms with Crippen molar-refractivity contribution in [2.45, 2.75) is 33.2 Å². The van der Waals surface area contributed by atoms with Crippen LogP contribution in [0.1, 0.15) is 38.8 Å². The molecule has 0 aliphatic carbocycles. The van der Waals surface area contributed by atoms with Gasteiger partial charge in [0.25, 0.3) is 0 Å². The molecule has 1 aromatic rings. The SMILES string of the molecule is CCCOc1cc(OC)ccc1C(C)NCC.